The van der Waals surface area contributed by atoms with Crippen molar-refractivity contribution in [2.75, 3.05) is 5.32 Å². The molecule has 0 saturated carbocycles. The van der Waals surface area contributed by atoms with Gasteiger partial charge in [-0.3, -0.25) is 0 Å². The number of nitrogens with zero attached hydrogens (tertiary/aromatic N) is 2. The molecule has 1 aromatic carbocycles. The first-order chi connectivity index (χ1) is 9.36. The van der Waals surface area contributed by atoms with E-state index in [1.54, 1.807) is 13.0 Å². The molecular formula is C13H11ClF3N3. The minimum atomic E-state index is -4.38. The van der Waals surface area contributed by atoms with Crippen LogP contribution in [0.1, 0.15) is 17.0 Å². The number of hydrogen-bond acceptors (Lipinski definition) is 3. The van der Waals surface area contributed by atoms with E-state index in [1.807, 2.05) is 0 Å². The maximum atomic E-state index is 12.8. The minimum absolute atomic E-state index is 0.00245. The van der Waals surface area contributed by atoms with Gasteiger partial charge in [0.15, 0.2) is 0 Å². The van der Waals surface area contributed by atoms with Crippen LogP contribution in [0.15, 0.2) is 30.3 Å². The molecule has 2 aromatic rings. The Balaban J connectivity index is 2.19. The van der Waals surface area contributed by atoms with Crippen LogP contribution < -0.4 is 5.32 Å². The Kier molecular flexibility index (Phi) is 4.13. The van der Waals surface area contributed by atoms with Crippen molar-refractivity contribution in [2.45, 2.75) is 19.6 Å². The van der Waals surface area contributed by atoms with Gasteiger partial charge in [0.05, 0.1) is 5.56 Å². The molecule has 0 radical (unpaired) electrons. The first-order valence-corrected chi connectivity index (χ1v) is 6.14. The summed E-state index contributed by atoms with van der Waals surface area (Å²) in [7, 11) is 0. The first kappa shape index (κ1) is 14.6. The Morgan fingerprint density at radius 1 is 1.20 bits per heavy atom. The lowest BCUT2D eigenvalue weighted by atomic mass is 10.1. The molecule has 1 heterocycles. The Morgan fingerprint density at radius 2 is 1.90 bits per heavy atom. The standard InChI is InChI=1S/C13H11ClF3N3/c1-8-19-11(14)6-12(20-8)18-7-9-4-2-3-5-10(9)13(15,16)17/h2-6H,7H2,1H3,(H,18,19,20). The monoisotopic (exact) mass is 301 g/mol. The Morgan fingerprint density at radius 3 is 2.55 bits per heavy atom. The maximum absolute atomic E-state index is 12.8. The molecule has 0 amide bonds. The summed E-state index contributed by atoms with van der Waals surface area (Å²) >= 11 is 5.76. The zero-order valence-corrected chi connectivity index (χ0v) is 11.3. The Bertz CT molecular complexity index is 594. The molecule has 0 aliphatic rings. The van der Waals surface area contributed by atoms with Crippen molar-refractivity contribution in [3.05, 3.63) is 52.4 Å². The van der Waals surface area contributed by atoms with E-state index >= 15 is 0 Å². The fourth-order valence-corrected chi connectivity index (χ4v) is 1.98. The molecule has 3 nitrogen and oxygen atoms in total. The summed E-state index contributed by atoms with van der Waals surface area (Å²) in [6.07, 6.45) is -4.38. The van der Waals surface area contributed by atoms with E-state index in [1.165, 1.54) is 18.2 Å². The smallest absolute Gasteiger partial charge is 0.366 e. The number of rotatable bonds is 3. The molecule has 0 aliphatic carbocycles. The van der Waals surface area contributed by atoms with Crippen LogP contribution in [0.5, 0.6) is 0 Å². The topological polar surface area (TPSA) is 37.8 Å². The summed E-state index contributed by atoms with van der Waals surface area (Å²) in [5.74, 6) is 0.837. The fourth-order valence-electron chi connectivity index (χ4n) is 1.76. The van der Waals surface area contributed by atoms with Gasteiger partial charge in [0.25, 0.3) is 0 Å². The van der Waals surface area contributed by atoms with Crippen LogP contribution in [-0.2, 0) is 12.7 Å². The van der Waals surface area contributed by atoms with Crippen LogP contribution in [0.3, 0.4) is 0 Å². The molecule has 0 saturated heterocycles. The summed E-state index contributed by atoms with van der Waals surface area (Å²) < 4.78 is 38.5. The number of anilines is 1. The number of benzene rings is 1. The predicted octanol–water partition coefficient (Wildman–Crippen LogP) is 4.07. The Hall–Kier alpha value is -1.82. The van der Waals surface area contributed by atoms with Gasteiger partial charge in [-0.2, -0.15) is 13.2 Å². The molecule has 0 unspecified atom stereocenters. The van der Waals surface area contributed by atoms with Crippen molar-refractivity contribution in [1.82, 2.24) is 9.97 Å². The van der Waals surface area contributed by atoms with Crippen molar-refractivity contribution < 1.29 is 13.2 Å². The van der Waals surface area contributed by atoms with Gasteiger partial charge < -0.3 is 5.32 Å². The highest BCUT2D eigenvalue weighted by Crippen LogP contribution is 2.32. The second kappa shape index (κ2) is 5.66. The van der Waals surface area contributed by atoms with Gasteiger partial charge in [-0.05, 0) is 18.6 Å². The maximum Gasteiger partial charge on any atom is 0.416 e. The van der Waals surface area contributed by atoms with Crippen LogP contribution in [0, 0.1) is 6.92 Å². The highest BCUT2D eigenvalue weighted by atomic mass is 35.5. The quantitative estimate of drug-likeness (QED) is 0.868. The van der Waals surface area contributed by atoms with Crippen LogP contribution in [0.2, 0.25) is 5.15 Å². The largest absolute Gasteiger partial charge is 0.416 e. The third kappa shape index (κ3) is 3.60. The molecule has 106 valence electrons. The average molecular weight is 302 g/mol. The van der Waals surface area contributed by atoms with Gasteiger partial charge in [-0.1, -0.05) is 29.8 Å². The van der Waals surface area contributed by atoms with E-state index in [2.05, 4.69) is 15.3 Å². The molecular weight excluding hydrogens is 291 g/mol. The lowest BCUT2D eigenvalue weighted by molar-refractivity contribution is -0.138. The van der Waals surface area contributed by atoms with Crippen molar-refractivity contribution in [1.29, 1.82) is 0 Å². The summed E-state index contributed by atoms with van der Waals surface area (Å²) in [6.45, 7) is 1.66. The van der Waals surface area contributed by atoms with Crippen LogP contribution in [0.25, 0.3) is 0 Å². The van der Waals surface area contributed by atoms with Gasteiger partial charge in [0.2, 0.25) is 0 Å². The zero-order chi connectivity index (χ0) is 14.8. The number of hydrogen-bond donors (Lipinski definition) is 1. The highest BCUT2D eigenvalue weighted by Gasteiger charge is 2.32. The molecule has 0 spiro atoms. The van der Waals surface area contributed by atoms with Gasteiger partial charge in [-0.25, -0.2) is 9.97 Å². The fraction of sp³-hybridized carbons (Fsp3) is 0.231. The molecule has 0 aliphatic heterocycles. The second-order valence-electron chi connectivity index (χ2n) is 4.13. The zero-order valence-electron chi connectivity index (χ0n) is 10.5. The molecule has 1 aromatic heterocycles. The number of nitrogens with one attached hydrogen (secondary N) is 1. The Labute approximate surface area is 118 Å². The summed E-state index contributed by atoms with van der Waals surface area (Å²) in [6, 6.07) is 6.86. The van der Waals surface area contributed by atoms with Crippen molar-refractivity contribution in [2.24, 2.45) is 0 Å². The molecule has 7 heteroatoms. The predicted molar refractivity (Wildman–Crippen MR) is 70.5 cm³/mol. The summed E-state index contributed by atoms with van der Waals surface area (Å²) in [5, 5.41) is 3.06. The van der Waals surface area contributed by atoms with Crippen molar-refractivity contribution >= 4 is 17.4 Å². The van der Waals surface area contributed by atoms with Gasteiger partial charge in [0, 0.05) is 12.6 Å². The molecule has 20 heavy (non-hydrogen) atoms. The highest BCUT2D eigenvalue weighted by molar-refractivity contribution is 6.29. The van der Waals surface area contributed by atoms with Gasteiger partial charge in [-0.15, -0.1) is 0 Å². The van der Waals surface area contributed by atoms with Crippen LogP contribution in [-0.4, -0.2) is 9.97 Å². The summed E-state index contributed by atoms with van der Waals surface area (Å²) in [5.41, 5.74) is -0.517. The van der Waals surface area contributed by atoms with Crippen molar-refractivity contribution in [3.63, 3.8) is 0 Å². The number of alkyl halides is 3. The lowest BCUT2D eigenvalue weighted by Crippen LogP contribution is -2.12. The molecule has 0 atom stereocenters. The van der Waals surface area contributed by atoms with E-state index in [0.29, 0.717) is 11.6 Å². The van der Waals surface area contributed by atoms with Crippen molar-refractivity contribution in [3.8, 4) is 0 Å². The molecule has 0 bridgehead atoms. The minimum Gasteiger partial charge on any atom is -0.366 e. The third-order valence-electron chi connectivity index (χ3n) is 2.59. The third-order valence-corrected chi connectivity index (χ3v) is 2.78. The molecule has 1 N–H and O–H groups in total. The lowest BCUT2D eigenvalue weighted by Gasteiger charge is -2.13. The van der Waals surface area contributed by atoms with E-state index < -0.39 is 11.7 Å². The number of aromatic nitrogens is 2. The number of halogens is 4. The van der Waals surface area contributed by atoms with E-state index in [0.717, 1.165) is 6.07 Å². The molecule has 0 fully saturated rings. The van der Waals surface area contributed by atoms with Gasteiger partial charge in [0.1, 0.15) is 16.8 Å². The van der Waals surface area contributed by atoms with Gasteiger partial charge >= 0.3 is 6.18 Å². The van der Waals surface area contributed by atoms with E-state index in [-0.39, 0.29) is 17.3 Å². The summed E-state index contributed by atoms with van der Waals surface area (Å²) in [4.78, 5) is 7.93. The van der Waals surface area contributed by atoms with Crippen LogP contribution in [0.4, 0.5) is 19.0 Å². The normalized spacial score (nSPS) is 11.4. The van der Waals surface area contributed by atoms with Crippen LogP contribution >= 0.6 is 11.6 Å². The average Bonchev–Trinajstić information content (AvgIpc) is 2.34. The number of aryl methyl sites for hydroxylation is 1. The second-order valence-corrected chi connectivity index (χ2v) is 4.52. The molecule has 2 rings (SSSR count). The first-order valence-electron chi connectivity index (χ1n) is 5.76. The SMILES string of the molecule is Cc1nc(Cl)cc(NCc2ccccc2C(F)(F)F)n1. The van der Waals surface area contributed by atoms with E-state index in [9.17, 15) is 13.2 Å². The van der Waals surface area contributed by atoms with E-state index in [4.69, 9.17) is 11.6 Å².